The molecular formula is C15H15Br2N3O. The van der Waals surface area contributed by atoms with Crippen molar-refractivity contribution in [3.63, 3.8) is 0 Å². The Morgan fingerprint density at radius 3 is 2.67 bits per heavy atom. The maximum Gasteiger partial charge on any atom is 0.221 e. The van der Waals surface area contributed by atoms with Gasteiger partial charge in [0.05, 0.1) is 12.2 Å². The van der Waals surface area contributed by atoms with Crippen molar-refractivity contribution in [2.24, 2.45) is 0 Å². The summed E-state index contributed by atoms with van der Waals surface area (Å²) in [6, 6.07) is 7.79. The topological polar surface area (TPSA) is 54.0 Å². The van der Waals surface area contributed by atoms with Gasteiger partial charge in [-0.1, -0.05) is 0 Å². The van der Waals surface area contributed by atoms with E-state index in [4.69, 9.17) is 0 Å². The van der Waals surface area contributed by atoms with Crippen molar-refractivity contribution in [3.8, 4) is 0 Å². The van der Waals surface area contributed by atoms with Crippen LogP contribution in [0, 0.1) is 6.92 Å². The minimum Gasteiger partial charge on any atom is -0.379 e. The van der Waals surface area contributed by atoms with Crippen LogP contribution in [0.15, 0.2) is 39.4 Å². The van der Waals surface area contributed by atoms with Crippen molar-refractivity contribution in [2.75, 3.05) is 10.6 Å². The van der Waals surface area contributed by atoms with Crippen LogP contribution in [-0.4, -0.2) is 10.9 Å². The number of aryl methyl sites for hydroxylation is 1. The lowest BCUT2D eigenvalue weighted by molar-refractivity contribution is -0.114. The number of halogens is 2. The van der Waals surface area contributed by atoms with Gasteiger partial charge >= 0.3 is 0 Å². The van der Waals surface area contributed by atoms with Gasteiger partial charge in [-0.3, -0.25) is 9.78 Å². The van der Waals surface area contributed by atoms with E-state index in [2.05, 4.69) is 47.5 Å². The molecule has 1 aromatic carbocycles. The molecule has 2 rings (SSSR count). The molecule has 0 atom stereocenters. The van der Waals surface area contributed by atoms with Gasteiger partial charge in [0.15, 0.2) is 0 Å². The first-order chi connectivity index (χ1) is 9.95. The molecule has 1 amide bonds. The molecule has 0 fully saturated rings. The molecule has 1 heterocycles. The zero-order valence-electron chi connectivity index (χ0n) is 11.7. The van der Waals surface area contributed by atoms with Crippen molar-refractivity contribution in [3.05, 3.63) is 50.7 Å². The number of pyridine rings is 1. The quantitative estimate of drug-likeness (QED) is 0.777. The lowest BCUT2D eigenvalue weighted by atomic mass is 10.1. The van der Waals surface area contributed by atoms with Gasteiger partial charge in [-0.15, -0.1) is 0 Å². The van der Waals surface area contributed by atoms with E-state index in [1.165, 1.54) is 6.92 Å². The van der Waals surface area contributed by atoms with Crippen molar-refractivity contribution in [1.29, 1.82) is 0 Å². The fourth-order valence-electron chi connectivity index (χ4n) is 1.86. The highest BCUT2D eigenvalue weighted by molar-refractivity contribution is 9.11. The summed E-state index contributed by atoms with van der Waals surface area (Å²) < 4.78 is 1.89. The summed E-state index contributed by atoms with van der Waals surface area (Å²) in [4.78, 5) is 15.4. The van der Waals surface area contributed by atoms with Crippen molar-refractivity contribution in [1.82, 2.24) is 4.98 Å². The van der Waals surface area contributed by atoms with Crippen LogP contribution < -0.4 is 10.6 Å². The fraction of sp³-hybridized carbons (Fsp3) is 0.200. The Hall–Kier alpha value is -1.40. The first-order valence-electron chi connectivity index (χ1n) is 6.38. The Morgan fingerprint density at radius 2 is 2.05 bits per heavy atom. The second-order valence-corrected chi connectivity index (χ2v) is 6.42. The molecule has 6 heteroatoms. The minimum atomic E-state index is -0.0678. The van der Waals surface area contributed by atoms with Crippen molar-refractivity contribution >= 4 is 49.1 Å². The number of aromatic nitrogens is 1. The number of rotatable bonds is 4. The van der Waals surface area contributed by atoms with Gasteiger partial charge in [0.25, 0.3) is 0 Å². The van der Waals surface area contributed by atoms with Gasteiger partial charge in [0.2, 0.25) is 5.91 Å². The molecule has 0 aliphatic carbocycles. The van der Waals surface area contributed by atoms with E-state index in [1.807, 2.05) is 31.2 Å². The summed E-state index contributed by atoms with van der Waals surface area (Å²) in [6.07, 6.45) is 1.77. The maximum absolute atomic E-state index is 11.1. The first-order valence-corrected chi connectivity index (χ1v) is 7.96. The molecule has 2 N–H and O–H groups in total. The number of amides is 1. The zero-order valence-corrected chi connectivity index (χ0v) is 14.9. The Labute approximate surface area is 140 Å². The van der Waals surface area contributed by atoms with Gasteiger partial charge in [0, 0.05) is 33.4 Å². The minimum absolute atomic E-state index is 0.0678. The molecule has 0 aliphatic rings. The summed E-state index contributed by atoms with van der Waals surface area (Å²) in [7, 11) is 0. The lowest BCUT2D eigenvalue weighted by Crippen LogP contribution is -2.08. The van der Waals surface area contributed by atoms with E-state index in [0.717, 1.165) is 31.6 Å². The van der Waals surface area contributed by atoms with Gasteiger partial charge in [-0.2, -0.15) is 0 Å². The second kappa shape index (κ2) is 7.04. The van der Waals surface area contributed by atoms with Gasteiger partial charge in [0.1, 0.15) is 0 Å². The highest BCUT2D eigenvalue weighted by Crippen LogP contribution is 2.23. The van der Waals surface area contributed by atoms with Crippen LogP contribution in [0.3, 0.4) is 0 Å². The number of hydrogen-bond donors (Lipinski definition) is 2. The van der Waals surface area contributed by atoms with E-state index in [0.29, 0.717) is 6.54 Å². The summed E-state index contributed by atoms with van der Waals surface area (Å²) in [5, 5.41) is 6.12. The maximum atomic E-state index is 11.1. The molecule has 110 valence electrons. The van der Waals surface area contributed by atoms with Crippen LogP contribution >= 0.6 is 31.9 Å². The number of anilines is 2. The number of carbonyl (C=O) groups excluding carboxylic acids is 1. The number of benzene rings is 1. The summed E-state index contributed by atoms with van der Waals surface area (Å²) in [6.45, 7) is 4.08. The molecule has 1 aromatic heterocycles. The molecular weight excluding hydrogens is 398 g/mol. The molecule has 0 radical (unpaired) electrons. The zero-order chi connectivity index (χ0) is 15.4. The monoisotopic (exact) mass is 411 g/mol. The Kier molecular flexibility index (Phi) is 5.36. The summed E-state index contributed by atoms with van der Waals surface area (Å²) in [5.41, 5.74) is 3.76. The largest absolute Gasteiger partial charge is 0.379 e. The lowest BCUT2D eigenvalue weighted by Gasteiger charge is -2.11. The molecule has 2 aromatic rings. The standard InChI is InChI=1S/C15H15Br2N3O/c1-9-5-12(3-4-14(9)20-10(2)21)18-8-15-13(17)6-11(16)7-19-15/h3-7,18H,8H2,1-2H3,(H,20,21). The van der Waals surface area contributed by atoms with Crippen molar-refractivity contribution in [2.45, 2.75) is 20.4 Å². The third-order valence-corrected chi connectivity index (χ3v) is 4.00. The average Bonchev–Trinajstić information content (AvgIpc) is 2.40. The number of nitrogens with one attached hydrogen (secondary N) is 2. The summed E-state index contributed by atoms with van der Waals surface area (Å²) >= 11 is 6.88. The Balaban J connectivity index is 2.06. The highest BCUT2D eigenvalue weighted by Gasteiger charge is 2.04. The van der Waals surface area contributed by atoms with Crippen LogP contribution in [0.5, 0.6) is 0 Å². The number of nitrogens with zero attached hydrogens (tertiary/aromatic N) is 1. The van der Waals surface area contributed by atoms with Crippen molar-refractivity contribution < 1.29 is 4.79 Å². The third-order valence-electron chi connectivity index (χ3n) is 2.88. The van der Waals surface area contributed by atoms with Crippen LogP contribution in [0.2, 0.25) is 0 Å². The smallest absolute Gasteiger partial charge is 0.221 e. The molecule has 4 nitrogen and oxygen atoms in total. The van der Waals surface area contributed by atoms with E-state index in [1.54, 1.807) is 6.20 Å². The molecule has 21 heavy (non-hydrogen) atoms. The first kappa shape index (κ1) is 16.0. The van der Waals surface area contributed by atoms with Crippen LogP contribution in [0.25, 0.3) is 0 Å². The second-order valence-electron chi connectivity index (χ2n) is 4.65. The SMILES string of the molecule is CC(=O)Nc1ccc(NCc2ncc(Br)cc2Br)cc1C. The van der Waals surface area contributed by atoms with Crippen LogP contribution in [0.4, 0.5) is 11.4 Å². The molecule has 0 aliphatic heterocycles. The third kappa shape index (κ3) is 4.54. The highest BCUT2D eigenvalue weighted by atomic mass is 79.9. The Bertz CT molecular complexity index is 674. The van der Waals surface area contributed by atoms with E-state index < -0.39 is 0 Å². The normalized spacial score (nSPS) is 10.3. The van der Waals surface area contributed by atoms with Gasteiger partial charge in [-0.05, 0) is 68.6 Å². The van der Waals surface area contributed by atoms with Crippen LogP contribution in [0.1, 0.15) is 18.2 Å². The summed E-state index contributed by atoms with van der Waals surface area (Å²) in [5.74, 6) is -0.0678. The van der Waals surface area contributed by atoms with E-state index in [9.17, 15) is 4.79 Å². The fourth-order valence-corrected chi connectivity index (χ4v) is 2.99. The molecule has 0 unspecified atom stereocenters. The van der Waals surface area contributed by atoms with Gasteiger partial charge < -0.3 is 10.6 Å². The van der Waals surface area contributed by atoms with E-state index >= 15 is 0 Å². The predicted octanol–water partition coefficient (Wildman–Crippen LogP) is 4.49. The molecule has 0 spiro atoms. The predicted molar refractivity (Wildman–Crippen MR) is 92.4 cm³/mol. The van der Waals surface area contributed by atoms with E-state index in [-0.39, 0.29) is 5.91 Å². The number of hydrogen-bond acceptors (Lipinski definition) is 3. The Morgan fingerprint density at radius 1 is 1.29 bits per heavy atom. The molecule has 0 bridgehead atoms. The average molecular weight is 413 g/mol. The molecule has 0 saturated carbocycles. The van der Waals surface area contributed by atoms with Crippen LogP contribution in [-0.2, 0) is 11.3 Å². The molecule has 0 saturated heterocycles. The van der Waals surface area contributed by atoms with Gasteiger partial charge in [-0.25, -0.2) is 0 Å². The number of carbonyl (C=O) groups is 1.